The van der Waals surface area contributed by atoms with Crippen molar-refractivity contribution in [1.29, 1.82) is 0 Å². The average molecular weight is 202 g/mol. The van der Waals surface area contributed by atoms with E-state index in [9.17, 15) is 5.11 Å². The van der Waals surface area contributed by atoms with Crippen LogP contribution in [0.5, 0.6) is 0 Å². The molecule has 1 rings (SSSR count). The molecule has 2 unspecified atom stereocenters. The van der Waals surface area contributed by atoms with Gasteiger partial charge in [0.25, 0.3) is 0 Å². The fourth-order valence-corrected chi connectivity index (χ4v) is 1.96. The monoisotopic (exact) mass is 202 g/mol. The van der Waals surface area contributed by atoms with Crippen molar-refractivity contribution >= 4 is 0 Å². The molecule has 1 aliphatic heterocycles. The maximum absolute atomic E-state index is 9.41. The Labute approximate surface area is 86.4 Å². The minimum absolute atomic E-state index is 0.0479. The van der Waals surface area contributed by atoms with Gasteiger partial charge in [0.05, 0.1) is 12.7 Å². The molecular weight excluding hydrogens is 180 g/mol. The predicted octanol–water partition coefficient (Wildman–Crippen LogP) is 1.59. The minimum Gasteiger partial charge on any atom is -0.396 e. The van der Waals surface area contributed by atoms with Crippen LogP contribution in [0.2, 0.25) is 0 Å². The molecule has 1 fully saturated rings. The summed E-state index contributed by atoms with van der Waals surface area (Å²) >= 11 is 0. The van der Waals surface area contributed by atoms with Gasteiger partial charge >= 0.3 is 0 Å². The van der Waals surface area contributed by atoms with Crippen LogP contribution in [0.25, 0.3) is 0 Å². The zero-order valence-electron chi connectivity index (χ0n) is 9.29. The van der Waals surface area contributed by atoms with Gasteiger partial charge in [-0.2, -0.15) is 0 Å². The highest BCUT2D eigenvalue weighted by Gasteiger charge is 2.40. The second kappa shape index (κ2) is 5.69. The first-order chi connectivity index (χ1) is 6.75. The third kappa shape index (κ3) is 2.69. The Kier molecular flexibility index (Phi) is 4.85. The van der Waals surface area contributed by atoms with E-state index in [1.54, 1.807) is 0 Å². The second-order valence-corrected chi connectivity index (χ2v) is 4.15. The highest BCUT2D eigenvalue weighted by Crippen LogP contribution is 2.37. The fourth-order valence-electron chi connectivity index (χ4n) is 1.96. The Balaban J connectivity index is 2.30. The summed E-state index contributed by atoms with van der Waals surface area (Å²) in [6.45, 7) is 6.68. The molecule has 0 amide bonds. The van der Waals surface area contributed by atoms with Crippen LogP contribution in [-0.4, -0.2) is 37.6 Å². The molecule has 0 radical (unpaired) electrons. The average Bonchev–Trinajstić information content (AvgIpc) is 2.56. The van der Waals surface area contributed by atoms with Crippen LogP contribution in [-0.2, 0) is 9.47 Å². The van der Waals surface area contributed by atoms with Gasteiger partial charge < -0.3 is 14.6 Å². The van der Waals surface area contributed by atoms with E-state index in [-0.39, 0.29) is 18.1 Å². The number of ether oxygens (including phenoxy) is 2. The molecule has 0 aromatic heterocycles. The third-order valence-corrected chi connectivity index (χ3v) is 3.24. The van der Waals surface area contributed by atoms with Gasteiger partial charge in [0.2, 0.25) is 0 Å². The lowest BCUT2D eigenvalue weighted by molar-refractivity contribution is 0.000761. The number of hydrogen-bond donors (Lipinski definition) is 1. The summed E-state index contributed by atoms with van der Waals surface area (Å²) in [4.78, 5) is 0. The van der Waals surface area contributed by atoms with Gasteiger partial charge in [0.15, 0.2) is 0 Å². The van der Waals surface area contributed by atoms with Gasteiger partial charge in [0.1, 0.15) is 0 Å². The summed E-state index contributed by atoms with van der Waals surface area (Å²) in [5, 5.41) is 9.41. The molecule has 3 heteroatoms. The van der Waals surface area contributed by atoms with E-state index < -0.39 is 0 Å². The summed E-state index contributed by atoms with van der Waals surface area (Å²) in [7, 11) is 0. The van der Waals surface area contributed by atoms with Crippen LogP contribution in [0.4, 0.5) is 0 Å². The van der Waals surface area contributed by atoms with Gasteiger partial charge in [-0.05, 0) is 26.2 Å². The Morgan fingerprint density at radius 3 is 2.79 bits per heavy atom. The Bertz CT molecular complexity index is 161. The maximum atomic E-state index is 9.41. The van der Waals surface area contributed by atoms with E-state index in [0.29, 0.717) is 0 Å². The van der Waals surface area contributed by atoms with E-state index >= 15 is 0 Å². The first-order valence-electron chi connectivity index (χ1n) is 5.55. The third-order valence-electron chi connectivity index (χ3n) is 3.24. The SMILES string of the molecule is CCCOCCC1(CO)CCOC1C. The van der Waals surface area contributed by atoms with E-state index in [2.05, 4.69) is 6.92 Å². The highest BCUT2D eigenvalue weighted by atomic mass is 16.5. The number of aliphatic hydroxyl groups excluding tert-OH is 1. The number of aliphatic hydroxyl groups is 1. The molecule has 0 bridgehead atoms. The lowest BCUT2D eigenvalue weighted by Gasteiger charge is -2.29. The van der Waals surface area contributed by atoms with E-state index in [4.69, 9.17) is 9.47 Å². The van der Waals surface area contributed by atoms with Gasteiger partial charge in [-0.15, -0.1) is 0 Å². The molecule has 84 valence electrons. The molecule has 0 aromatic rings. The Morgan fingerprint density at radius 1 is 1.50 bits per heavy atom. The number of rotatable bonds is 6. The van der Waals surface area contributed by atoms with E-state index in [0.717, 1.165) is 39.1 Å². The van der Waals surface area contributed by atoms with E-state index in [1.807, 2.05) is 6.92 Å². The molecule has 1 heterocycles. The molecule has 0 aromatic carbocycles. The van der Waals surface area contributed by atoms with Gasteiger partial charge in [0, 0.05) is 25.2 Å². The lowest BCUT2D eigenvalue weighted by Crippen LogP contribution is -2.34. The largest absolute Gasteiger partial charge is 0.396 e. The highest BCUT2D eigenvalue weighted by molar-refractivity contribution is 4.88. The summed E-state index contributed by atoms with van der Waals surface area (Å²) in [6, 6.07) is 0. The molecule has 1 aliphatic rings. The summed E-state index contributed by atoms with van der Waals surface area (Å²) in [6.07, 6.45) is 3.08. The molecule has 0 spiro atoms. The van der Waals surface area contributed by atoms with Crippen molar-refractivity contribution in [3.63, 3.8) is 0 Å². The fraction of sp³-hybridized carbons (Fsp3) is 1.00. The van der Waals surface area contributed by atoms with Crippen LogP contribution >= 0.6 is 0 Å². The van der Waals surface area contributed by atoms with Crippen LogP contribution in [0.1, 0.15) is 33.1 Å². The van der Waals surface area contributed by atoms with Crippen molar-refractivity contribution in [2.45, 2.75) is 39.2 Å². The van der Waals surface area contributed by atoms with Crippen molar-refractivity contribution in [3.8, 4) is 0 Å². The van der Waals surface area contributed by atoms with Crippen LogP contribution in [0.15, 0.2) is 0 Å². The number of hydrogen-bond acceptors (Lipinski definition) is 3. The minimum atomic E-state index is -0.0479. The second-order valence-electron chi connectivity index (χ2n) is 4.15. The zero-order valence-corrected chi connectivity index (χ0v) is 9.29. The molecule has 2 atom stereocenters. The van der Waals surface area contributed by atoms with Crippen LogP contribution < -0.4 is 0 Å². The standard InChI is InChI=1S/C11H22O3/c1-3-6-13-7-4-11(9-12)5-8-14-10(11)2/h10,12H,3-9H2,1-2H3. The van der Waals surface area contributed by atoms with Crippen molar-refractivity contribution in [2.75, 3.05) is 26.4 Å². The zero-order chi connectivity index (χ0) is 10.4. The Morgan fingerprint density at radius 2 is 2.29 bits per heavy atom. The predicted molar refractivity (Wildman–Crippen MR) is 55.3 cm³/mol. The quantitative estimate of drug-likeness (QED) is 0.665. The van der Waals surface area contributed by atoms with Gasteiger partial charge in [-0.25, -0.2) is 0 Å². The van der Waals surface area contributed by atoms with Crippen molar-refractivity contribution in [1.82, 2.24) is 0 Å². The summed E-state index contributed by atoms with van der Waals surface area (Å²) in [5.41, 5.74) is -0.0479. The molecule has 0 saturated carbocycles. The van der Waals surface area contributed by atoms with Crippen LogP contribution in [0, 0.1) is 5.41 Å². The van der Waals surface area contributed by atoms with Crippen molar-refractivity contribution in [3.05, 3.63) is 0 Å². The van der Waals surface area contributed by atoms with Crippen molar-refractivity contribution < 1.29 is 14.6 Å². The maximum Gasteiger partial charge on any atom is 0.0626 e. The molecule has 3 nitrogen and oxygen atoms in total. The first kappa shape index (κ1) is 12.0. The first-order valence-corrected chi connectivity index (χ1v) is 5.55. The summed E-state index contributed by atoms with van der Waals surface area (Å²) in [5.74, 6) is 0. The van der Waals surface area contributed by atoms with Crippen molar-refractivity contribution in [2.24, 2.45) is 5.41 Å². The topological polar surface area (TPSA) is 38.7 Å². The molecule has 0 aliphatic carbocycles. The smallest absolute Gasteiger partial charge is 0.0626 e. The summed E-state index contributed by atoms with van der Waals surface area (Å²) < 4.78 is 11.0. The van der Waals surface area contributed by atoms with Gasteiger partial charge in [-0.3, -0.25) is 0 Å². The van der Waals surface area contributed by atoms with Gasteiger partial charge in [-0.1, -0.05) is 6.92 Å². The Hall–Kier alpha value is -0.120. The van der Waals surface area contributed by atoms with E-state index in [1.165, 1.54) is 0 Å². The lowest BCUT2D eigenvalue weighted by atomic mass is 9.80. The normalized spacial score (nSPS) is 32.4. The molecule has 1 saturated heterocycles. The molecule has 1 N–H and O–H groups in total. The van der Waals surface area contributed by atoms with Crippen LogP contribution in [0.3, 0.4) is 0 Å². The molecule has 14 heavy (non-hydrogen) atoms. The molecular formula is C11H22O3.